The van der Waals surface area contributed by atoms with Crippen molar-refractivity contribution in [2.75, 3.05) is 6.26 Å². The van der Waals surface area contributed by atoms with Crippen LogP contribution in [0.25, 0.3) is 0 Å². The monoisotopic (exact) mass is 189 g/mol. The van der Waals surface area contributed by atoms with Gasteiger partial charge in [-0.2, -0.15) is 0 Å². The van der Waals surface area contributed by atoms with Crippen molar-refractivity contribution in [3.63, 3.8) is 0 Å². The number of carboxylic acid groups (broad SMARTS) is 1. The van der Waals surface area contributed by atoms with Gasteiger partial charge in [-0.15, -0.1) is 10.2 Å². The van der Waals surface area contributed by atoms with Crippen molar-refractivity contribution in [1.82, 2.24) is 10.2 Å². The molecule has 0 unspecified atom stereocenters. The van der Waals surface area contributed by atoms with Crippen LogP contribution in [0.3, 0.4) is 0 Å². The molecule has 0 saturated heterocycles. The van der Waals surface area contributed by atoms with Crippen LogP contribution in [0.4, 0.5) is 0 Å². The number of hydrogen-bond donors (Lipinski definition) is 0. The lowest BCUT2D eigenvalue weighted by atomic mass is 10.5. The van der Waals surface area contributed by atoms with Gasteiger partial charge >= 0.3 is 0 Å². The minimum Gasteiger partial charge on any atom is -0.550 e. The van der Waals surface area contributed by atoms with Gasteiger partial charge < -0.3 is 9.90 Å². The van der Waals surface area contributed by atoms with Crippen molar-refractivity contribution in [2.24, 2.45) is 0 Å². The van der Waals surface area contributed by atoms with Gasteiger partial charge in [-0.1, -0.05) is 23.1 Å². The van der Waals surface area contributed by atoms with E-state index in [-0.39, 0.29) is 6.42 Å². The van der Waals surface area contributed by atoms with Gasteiger partial charge in [-0.25, -0.2) is 0 Å². The molecule has 1 aromatic rings. The summed E-state index contributed by atoms with van der Waals surface area (Å²) in [7, 11) is 0. The smallest absolute Gasteiger partial charge is 0.174 e. The minimum absolute atomic E-state index is 0.141. The molecule has 0 radical (unpaired) electrons. The van der Waals surface area contributed by atoms with Crippen LogP contribution >= 0.6 is 23.1 Å². The van der Waals surface area contributed by atoms with Gasteiger partial charge in [-0.05, 0) is 6.26 Å². The fourth-order valence-electron chi connectivity index (χ4n) is 0.516. The Bertz CT molecular complexity index is 261. The van der Waals surface area contributed by atoms with Crippen molar-refractivity contribution < 1.29 is 9.90 Å². The van der Waals surface area contributed by atoms with E-state index in [2.05, 4.69) is 10.2 Å². The van der Waals surface area contributed by atoms with E-state index in [0.29, 0.717) is 5.01 Å². The zero-order valence-corrected chi connectivity index (χ0v) is 7.37. The van der Waals surface area contributed by atoms with Gasteiger partial charge in [0.05, 0.1) is 0 Å². The topological polar surface area (TPSA) is 65.9 Å². The standard InChI is InChI=1S/C5H6N2O2S2/c1-10-5-7-6-3(11-5)2-4(8)9/h2H2,1H3,(H,8,9)/p-1. The number of carbonyl (C=O) groups excluding carboxylic acids is 1. The molecule has 0 aliphatic heterocycles. The van der Waals surface area contributed by atoms with Gasteiger partial charge in [0.15, 0.2) is 4.34 Å². The molecule has 6 heteroatoms. The van der Waals surface area contributed by atoms with Crippen LogP contribution in [0, 0.1) is 0 Å². The number of carboxylic acids is 1. The van der Waals surface area contributed by atoms with Crippen molar-refractivity contribution in [3.8, 4) is 0 Å². The lowest BCUT2D eigenvalue weighted by Crippen LogP contribution is -2.24. The average Bonchev–Trinajstić information content (AvgIpc) is 2.34. The molecule has 0 saturated carbocycles. The summed E-state index contributed by atoms with van der Waals surface area (Å²) in [5.41, 5.74) is 0. The zero-order chi connectivity index (χ0) is 8.27. The first-order valence-electron chi connectivity index (χ1n) is 2.78. The van der Waals surface area contributed by atoms with Crippen LogP contribution < -0.4 is 5.11 Å². The van der Waals surface area contributed by atoms with E-state index in [1.807, 2.05) is 6.26 Å². The number of rotatable bonds is 3. The lowest BCUT2D eigenvalue weighted by Gasteiger charge is -1.93. The molecule has 1 rings (SSSR count). The molecule has 0 aliphatic carbocycles. The summed E-state index contributed by atoms with van der Waals surface area (Å²) >= 11 is 2.73. The zero-order valence-electron chi connectivity index (χ0n) is 5.73. The third-order valence-corrected chi connectivity index (χ3v) is 2.82. The van der Waals surface area contributed by atoms with Gasteiger partial charge in [0, 0.05) is 12.4 Å². The van der Waals surface area contributed by atoms with Gasteiger partial charge in [0.2, 0.25) is 0 Å². The molecule has 0 spiro atoms. The molecule has 0 aliphatic rings. The largest absolute Gasteiger partial charge is 0.550 e. The van der Waals surface area contributed by atoms with E-state index in [1.165, 1.54) is 23.1 Å². The van der Waals surface area contributed by atoms with E-state index >= 15 is 0 Å². The van der Waals surface area contributed by atoms with Crippen LogP contribution in [0.15, 0.2) is 4.34 Å². The molecular weight excluding hydrogens is 184 g/mol. The Kier molecular flexibility index (Phi) is 2.84. The van der Waals surface area contributed by atoms with Crippen molar-refractivity contribution in [3.05, 3.63) is 5.01 Å². The second-order valence-corrected chi connectivity index (χ2v) is 3.83. The predicted octanol–water partition coefficient (Wildman–Crippen LogP) is -0.448. The number of thioether (sulfide) groups is 1. The summed E-state index contributed by atoms with van der Waals surface area (Å²) in [6, 6.07) is 0. The first kappa shape index (κ1) is 8.48. The molecule has 60 valence electrons. The molecule has 0 fully saturated rings. The number of aromatic nitrogens is 2. The maximum absolute atomic E-state index is 10.1. The molecule has 0 N–H and O–H groups in total. The van der Waals surface area contributed by atoms with Crippen LogP contribution in [-0.2, 0) is 11.2 Å². The number of carbonyl (C=O) groups is 1. The Hall–Kier alpha value is -0.620. The fourth-order valence-corrected chi connectivity index (χ4v) is 1.81. The third-order valence-electron chi connectivity index (χ3n) is 0.918. The van der Waals surface area contributed by atoms with E-state index < -0.39 is 5.97 Å². The molecular formula is C5H5N2O2S2-. The highest BCUT2D eigenvalue weighted by atomic mass is 32.2. The molecule has 0 amide bonds. The molecule has 0 atom stereocenters. The number of aliphatic carboxylic acids is 1. The van der Waals surface area contributed by atoms with Crippen LogP contribution in [0.5, 0.6) is 0 Å². The predicted molar refractivity (Wildman–Crippen MR) is 40.4 cm³/mol. The second-order valence-electron chi connectivity index (χ2n) is 1.71. The van der Waals surface area contributed by atoms with E-state index in [0.717, 1.165) is 4.34 Å². The normalized spacial score (nSPS) is 9.91. The molecule has 0 bridgehead atoms. The van der Waals surface area contributed by atoms with Crippen LogP contribution in [-0.4, -0.2) is 22.4 Å². The van der Waals surface area contributed by atoms with Crippen LogP contribution in [0.2, 0.25) is 0 Å². The second kappa shape index (κ2) is 3.68. The van der Waals surface area contributed by atoms with E-state index in [9.17, 15) is 9.90 Å². The summed E-state index contributed by atoms with van der Waals surface area (Å²) in [5, 5.41) is 18.0. The molecule has 1 heterocycles. The van der Waals surface area contributed by atoms with Crippen LogP contribution in [0.1, 0.15) is 5.01 Å². The fraction of sp³-hybridized carbons (Fsp3) is 0.400. The maximum atomic E-state index is 10.1. The van der Waals surface area contributed by atoms with Gasteiger partial charge in [0.25, 0.3) is 0 Å². The SMILES string of the molecule is CSc1nnc(CC(=O)[O-])s1. The van der Waals surface area contributed by atoms with Crippen molar-refractivity contribution >= 4 is 29.1 Å². The Balaban J connectivity index is 2.65. The Morgan fingerprint density at radius 2 is 2.45 bits per heavy atom. The Morgan fingerprint density at radius 1 is 1.73 bits per heavy atom. The summed E-state index contributed by atoms with van der Waals surface area (Å²) in [6.45, 7) is 0. The molecule has 0 aromatic carbocycles. The summed E-state index contributed by atoms with van der Waals surface area (Å²) in [4.78, 5) is 10.1. The first-order valence-corrected chi connectivity index (χ1v) is 4.82. The minimum atomic E-state index is -1.12. The third kappa shape index (κ3) is 2.47. The average molecular weight is 189 g/mol. The number of hydrogen-bond acceptors (Lipinski definition) is 6. The molecule has 4 nitrogen and oxygen atoms in total. The van der Waals surface area contributed by atoms with Crippen molar-refractivity contribution in [2.45, 2.75) is 10.8 Å². The lowest BCUT2D eigenvalue weighted by molar-refractivity contribution is -0.304. The van der Waals surface area contributed by atoms with Gasteiger partial charge in [0.1, 0.15) is 5.01 Å². The highest BCUT2D eigenvalue weighted by molar-refractivity contribution is 8.00. The summed E-state index contributed by atoms with van der Waals surface area (Å²) in [6.07, 6.45) is 1.72. The Morgan fingerprint density at radius 3 is 2.91 bits per heavy atom. The quantitative estimate of drug-likeness (QED) is 0.603. The van der Waals surface area contributed by atoms with E-state index in [1.54, 1.807) is 0 Å². The number of nitrogens with zero attached hydrogens (tertiary/aromatic N) is 2. The van der Waals surface area contributed by atoms with Gasteiger partial charge in [-0.3, -0.25) is 0 Å². The first-order chi connectivity index (χ1) is 5.22. The Labute approximate surface area is 71.7 Å². The summed E-state index contributed by atoms with van der Waals surface area (Å²) < 4.78 is 0.779. The summed E-state index contributed by atoms with van der Waals surface area (Å²) in [5.74, 6) is -1.12. The highest BCUT2D eigenvalue weighted by Crippen LogP contribution is 2.19. The maximum Gasteiger partial charge on any atom is 0.174 e. The molecule has 11 heavy (non-hydrogen) atoms. The van der Waals surface area contributed by atoms with Crippen molar-refractivity contribution in [1.29, 1.82) is 0 Å². The highest BCUT2D eigenvalue weighted by Gasteiger charge is 2.01. The molecule has 1 aromatic heterocycles. The van der Waals surface area contributed by atoms with E-state index in [4.69, 9.17) is 0 Å².